The van der Waals surface area contributed by atoms with Gasteiger partial charge in [-0.15, -0.1) is 6.58 Å². The van der Waals surface area contributed by atoms with E-state index >= 15 is 0 Å². The molecule has 0 heterocycles. The van der Waals surface area contributed by atoms with Gasteiger partial charge in [-0.3, -0.25) is 0 Å². The molecule has 4 saturated carbocycles. The first kappa shape index (κ1) is 11.3. The summed E-state index contributed by atoms with van der Waals surface area (Å²) < 4.78 is 0. The Morgan fingerprint density at radius 3 is 2.12 bits per heavy atom. The quantitative estimate of drug-likeness (QED) is 0.666. The largest absolute Gasteiger partial charge is 0.198 e. The molecule has 0 saturated heterocycles. The number of hydrogen-bond donors (Lipinski definition) is 0. The third-order valence-corrected chi connectivity index (χ3v) is 5.79. The van der Waals surface area contributed by atoms with E-state index in [9.17, 15) is 5.26 Å². The summed E-state index contributed by atoms with van der Waals surface area (Å²) in [7, 11) is 0. The Morgan fingerprint density at radius 2 is 1.71 bits per heavy atom. The zero-order valence-corrected chi connectivity index (χ0v) is 10.9. The van der Waals surface area contributed by atoms with Crippen molar-refractivity contribution in [3.8, 4) is 6.07 Å². The molecule has 4 bridgehead atoms. The smallest absolute Gasteiger partial charge is 0.0693 e. The lowest BCUT2D eigenvalue weighted by atomic mass is 9.47. The lowest BCUT2D eigenvalue weighted by Gasteiger charge is -2.57. The SMILES string of the molecule is C=CCC(C)(C#N)C1C2CC3CC(C2)CC1C3. The average Bonchev–Trinajstić information content (AvgIpc) is 2.27. The van der Waals surface area contributed by atoms with Gasteiger partial charge in [0.25, 0.3) is 0 Å². The summed E-state index contributed by atoms with van der Waals surface area (Å²) in [5, 5.41) is 9.60. The Hall–Kier alpha value is -0.770. The van der Waals surface area contributed by atoms with Gasteiger partial charge in [0.2, 0.25) is 0 Å². The van der Waals surface area contributed by atoms with E-state index < -0.39 is 0 Å². The number of allylic oxidation sites excluding steroid dienone is 1. The van der Waals surface area contributed by atoms with Gasteiger partial charge in [-0.2, -0.15) is 5.26 Å². The monoisotopic (exact) mass is 229 g/mol. The maximum atomic E-state index is 9.60. The highest BCUT2D eigenvalue weighted by Gasteiger charge is 2.53. The Kier molecular flexibility index (Phi) is 2.58. The minimum atomic E-state index is -0.148. The minimum absolute atomic E-state index is 0.148. The van der Waals surface area contributed by atoms with Crippen molar-refractivity contribution in [1.29, 1.82) is 5.26 Å². The summed E-state index contributed by atoms with van der Waals surface area (Å²) in [5.41, 5.74) is -0.148. The first-order chi connectivity index (χ1) is 8.16. The molecule has 17 heavy (non-hydrogen) atoms. The topological polar surface area (TPSA) is 23.8 Å². The molecule has 0 aromatic carbocycles. The maximum absolute atomic E-state index is 9.60. The van der Waals surface area contributed by atoms with E-state index in [1.807, 2.05) is 6.08 Å². The predicted molar refractivity (Wildman–Crippen MR) is 69.1 cm³/mol. The molecule has 4 aliphatic rings. The van der Waals surface area contributed by atoms with Gasteiger partial charge >= 0.3 is 0 Å². The summed E-state index contributed by atoms with van der Waals surface area (Å²) >= 11 is 0. The van der Waals surface area contributed by atoms with Crippen LogP contribution in [0.15, 0.2) is 12.7 Å². The molecular formula is C16H23N. The van der Waals surface area contributed by atoms with Crippen LogP contribution in [0, 0.1) is 46.3 Å². The number of rotatable bonds is 3. The Balaban J connectivity index is 1.88. The first-order valence-corrected chi connectivity index (χ1v) is 7.18. The Labute approximate surface area is 105 Å². The zero-order chi connectivity index (χ0) is 12.0. The molecule has 1 atom stereocenters. The van der Waals surface area contributed by atoms with Crippen LogP contribution in [0.2, 0.25) is 0 Å². The lowest BCUT2D eigenvalue weighted by molar-refractivity contribution is -0.0750. The molecule has 4 fully saturated rings. The van der Waals surface area contributed by atoms with Gasteiger partial charge in [-0.1, -0.05) is 6.08 Å². The van der Waals surface area contributed by atoms with Crippen molar-refractivity contribution in [3.63, 3.8) is 0 Å². The highest BCUT2D eigenvalue weighted by atomic mass is 14.6. The van der Waals surface area contributed by atoms with E-state index in [1.165, 1.54) is 32.1 Å². The molecule has 4 rings (SSSR count). The van der Waals surface area contributed by atoms with Gasteiger partial charge in [-0.25, -0.2) is 0 Å². The number of hydrogen-bond acceptors (Lipinski definition) is 1. The van der Waals surface area contributed by atoms with Crippen LogP contribution in [0.4, 0.5) is 0 Å². The van der Waals surface area contributed by atoms with Crippen molar-refractivity contribution in [2.24, 2.45) is 35.0 Å². The molecule has 0 radical (unpaired) electrons. The summed E-state index contributed by atoms with van der Waals surface area (Å²) in [6.07, 6.45) is 9.95. The van der Waals surface area contributed by atoms with E-state index in [0.717, 1.165) is 30.1 Å². The normalized spacial score (nSPS) is 46.2. The van der Waals surface area contributed by atoms with Crippen LogP contribution in [0.1, 0.15) is 45.4 Å². The number of nitrogens with zero attached hydrogens (tertiary/aromatic N) is 1. The number of nitriles is 1. The molecule has 0 aromatic rings. The van der Waals surface area contributed by atoms with Gasteiger partial charge in [0.15, 0.2) is 0 Å². The van der Waals surface area contributed by atoms with E-state index in [-0.39, 0.29) is 5.41 Å². The molecule has 0 amide bonds. The van der Waals surface area contributed by atoms with Crippen LogP contribution in [-0.2, 0) is 0 Å². The van der Waals surface area contributed by atoms with Crippen molar-refractivity contribution < 1.29 is 0 Å². The van der Waals surface area contributed by atoms with E-state index in [1.54, 1.807) is 0 Å². The fraction of sp³-hybridized carbons (Fsp3) is 0.812. The van der Waals surface area contributed by atoms with Crippen LogP contribution < -0.4 is 0 Å². The van der Waals surface area contributed by atoms with Crippen LogP contribution in [0.5, 0.6) is 0 Å². The summed E-state index contributed by atoms with van der Waals surface area (Å²) in [6.45, 7) is 6.04. The molecule has 0 N–H and O–H groups in total. The predicted octanol–water partition coefficient (Wildman–Crippen LogP) is 4.16. The van der Waals surface area contributed by atoms with E-state index in [4.69, 9.17) is 0 Å². The van der Waals surface area contributed by atoms with Crippen LogP contribution in [0.25, 0.3) is 0 Å². The van der Waals surface area contributed by atoms with Gasteiger partial charge in [0, 0.05) is 0 Å². The standard InChI is InChI=1S/C16H23N/c1-3-4-16(2,10-17)15-13-6-11-5-12(8-13)9-14(15)7-11/h3,11-15H,1,4-9H2,2H3. The van der Waals surface area contributed by atoms with Crippen molar-refractivity contribution in [2.75, 3.05) is 0 Å². The molecule has 1 heteroatoms. The van der Waals surface area contributed by atoms with Crippen molar-refractivity contribution in [3.05, 3.63) is 12.7 Å². The van der Waals surface area contributed by atoms with Crippen molar-refractivity contribution in [1.82, 2.24) is 0 Å². The van der Waals surface area contributed by atoms with Crippen molar-refractivity contribution >= 4 is 0 Å². The second kappa shape index (κ2) is 3.87. The molecule has 4 aliphatic carbocycles. The Morgan fingerprint density at radius 1 is 1.18 bits per heavy atom. The van der Waals surface area contributed by atoms with Gasteiger partial charge < -0.3 is 0 Å². The summed E-state index contributed by atoms with van der Waals surface area (Å²) in [5.74, 6) is 4.34. The fourth-order valence-corrected chi connectivity index (χ4v) is 5.52. The maximum Gasteiger partial charge on any atom is 0.0693 e. The second-order valence-electron chi connectivity index (χ2n) is 6.98. The lowest BCUT2D eigenvalue weighted by Crippen LogP contribution is -2.50. The van der Waals surface area contributed by atoms with E-state index in [2.05, 4.69) is 19.6 Å². The second-order valence-corrected chi connectivity index (χ2v) is 6.98. The minimum Gasteiger partial charge on any atom is -0.198 e. The summed E-state index contributed by atoms with van der Waals surface area (Å²) in [6, 6.07) is 2.64. The van der Waals surface area contributed by atoms with Crippen LogP contribution in [0.3, 0.4) is 0 Å². The molecule has 0 spiro atoms. The van der Waals surface area contributed by atoms with E-state index in [0.29, 0.717) is 5.92 Å². The first-order valence-electron chi connectivity index (χ1n) is 7.18. The molecule has 1 nitrogen and oxygen atoms in total. The van der Waals surface area contributed by atoms with Gasteiger partial charge in [0.1, 0.15) is 0 Å². The van der Waals surface area contributed by atoms with Crippen molar-refractivity contribution in [2.45, 2.75) is 45.4 Å². The molecule has 1 unspecified atom stereocenters. The zero-order valence-electron chi connectivity index (χ0n) is 10.9. The summed E-state index contributed by atoms with van der Waals surface area (Å²) in [4.78, 5) is 0. The highest BCUT2D eigenvalue weighted by Crippen LogP contribution is 2.61. The third-order valence-electron chi connectivity index (χ3n) is 5.79. The van der Waals surface area contributed by atoms with Crippen LogP contribution >= 0.6 is 0 Å². The average molecular weight is 229 g/mol. The fourth-order valence-electron chi connectivity index (χ4n) is 5.52. The van der Waals surface area contributed by atoms with Gasteiger partial charge in [0.05, 0.1) is 11.5 Å². The van der Waals surface area contributed by atoms with Crippen LogP contribution in [-0.4, -0.2) is 0 Å². The third kappa shape index (κ3) is 1.65. The Bertz CT molecular complexity index is 336. The molecule has 0 aromatic heterocycles. The van der Waals surface area contributed by atoms with Gasteiger partial charge in [-0.05, 0) is 75.0 Å². The molecular weight excluding hydrogens is 206 g/mol. The molecule has 92 valence electrons. The molecule has 0 aliphatic heterocycles. The highest BCUT2D eigenvalue weighted by molar-refractivity contribution is 5.11.